The van der Waals surface area contributed by atoms with Crippen LogP contribution in [-0.4, -0.2) is 66.9 Å². The molecule has 1 heterocycles. The average Bonchev–Trinajstić information content (AvgIpc) is 2.68. The lowest BCUT2D eigenvalue weighted by molar-refractivity contribution is -0.141. The van der Waals surface area contributed by atoms with E-state index in [1.54, 1.807) is 14.1 Å². The predicted molar refractivity (Wildman–Crippen MR) is 75.1 cm³/mol. The fourth-order valence-electron chi connectivity index (χ4n) is 2.03. The van der Waals surface area contributed by atoms with Gasteiger partial charge in [-0.15, -0.1) is 0 Å². The Kier molecular flexibility index (Phi) is 5.94. The molecule has 1 fully saturated rings. The van der Waals surface area contributed by atoms with Crippen LogP contribution in [0.5, 0.6) is 0 Å². The van der Waals surface area contributed by atoms with Gasteiger partial charge in [0, 0.05) is 33.2 Å². The fraction of sp³-hybridized carbons (Fsp3) is 0.769. The summed E-state index contributed by atoms with van der Waals surface area (Å²) >= 11 is 0. The first-order chi connectivity index (χ1) is 9.38. The number of nitrogens with zero attached hydrogens (tertiary/aromatic N) is 2. The minimum Gasteiger partial charge on any atom is -0.337 e. The van der Waals surface area contributed by atoms with E-state index in [2.05, 4.69) is 10.6 Å². The van der Waals surface area contributed by atoms with Crippen LogP contribution in [0.1, 0.15) is 26.7 Å². The Morgan fingerprint density at radius 3 is 2.60 bits per heavy atom. The molecule has 2 atom stereocenters. The number of urea groups is 1. The third-order valence-corrected chi connectivity index (χ3v) is 3.41. The molecule has 7 heteroatoms. The highest BCUT2D eigenvalue weighted by molar-refractivity contribution is 6.05. The highest BCUT2D eigenvalue weighted by Gasteiger charge is 2.40. The van der Waals surface area contributed by atoms with Crippen molar-refractivity contribution in [1.29, 1.82) is 0 Å². The van der Waals surface area contributed by atoms with Crippen LogP contribution in [0.4, 0.5) is 4.79 Å². The molecule has 7 nitrogen and oxygen atoms in total. The molecule has 20 heavy (non-hydrogen) atoms. The summed E-state index contributed by atoms with van der Waals surface area (Å²) in [5, 5.41) is 5.71. The number of rotatable bonds is 6. The van der Waals surface area contributed by atoms with Crippen LogP contribution >= 0.6 is 0 Å². The van der Waals surface area contributed by atoms with E-state index in [4.69, 9.17) is 0 Å². The third-order valence-electron chi connectivity index (χ3n) is 3.41. The van der Waals surface area contributed by atoms with Gasteiger partial charge >= 0.3 is 6.03 Å². The van der Waals surface area contributed by atoms with Crippen molar-refractivity contribution in [2.75, 3.05) is 27.2 Å². The fourth-order valence-corrected chi connectivity index (χ4v) is 2.03. The molecule has 0 aliphatic carbocycles. The Morgan fingerprint density at radius 2 is 2.05 bits per heavy atom. The monoisotopic (exact) mass is 284 g/mol. The van der Waals surface area contributed by atoms with E-state index in [0.29, 0.717) is 13.1 Å². The number of carbonyl (C=O) groups excluding carboxylic acids is 3. The second kappa shape index (κ2) is 7.23. The third kappa shape index (κ3) is 3.93. The topological polar surface area (TPSA) is 81.8 Å². The van der Waals surface area contributed by atoms with Gasteiger partial charge in [0.2, 0.25) is 11.8 Å². The lowest BCUT2D eigenvalue weighted by Gasteiger charge is -2.21. The van der Waals surface area contributed by atoms with Gasteiger partial charge in [-0.3, -0.25) is 14.5 Å². The normalized spacial score (nSPS) is 20.2. The summed E-state index contributed by atoms with van der Waals surface area (Å²) in [5.41, 5.74) is 0. The molecule has 0 saturated carbocycles. The van der Waals surface area contributed by atoms with Gasteiger partial charge in [0.15, 0.2) is 0 Å². The van der Waals surface area contributed by atoms with Crippen molar-refractivity contribution in [2.45, 2.75) is 38.8 Å². The number of nitrogens with one attached hydrogen (secondary N) is 2. The second-order valence-corrected chi connectivity index (χ2v) is 5.20. The summed E-state index contributed by atoms with van der Waals surface area (Å²) in [7, 11) is 3.32. The van der Waals surface area contributed by atoms with Crippen molar-refractivity contribution in [3.05, 3.63) is 0 Å². The van der Waals surface area contributed by atoms with Crippen LogP contribution < -0.4 is 10.6 Å². The van der Waals surface area contributed by atoms with Gasteiger partial charge in [0.25, 0.3) is 0 Å². The maximum absolute atomic E-state index is 12.1. The van der Waals surface area contributed by atoms with E-state index >= 15 is 0 Å². The van der Waals surface area contributed by atoms with Crippen molar-refractivity contribution in [2.24, 2.45) is 0 Å². The number of carbonyl (C=O) groups is 3. The van der Waals surface area contributed by atoms with Crippen molar-refractivity contribution in [3.8, 4) is 0 Å². The van der Waals surface area contributed by atoms with E-state index in [1.165, 1.54) is 9.80 Å². The molecule has 1 rings (SSSR count). The number of hydrogen-bond acceptors (Lipinski definition) is 4. The van der Waals surface area contributed by atoms with E-state index in [0.717, 1.165) is 6.42 Å². The first kappa shape index (κ1) is 16.4. The maximum atomic E-state index is 12.1. The smallest absolute Gasteiger partial charge is 0.316 e. The van der Waals surface area contributed by atoms with Gasteiger partial charge in [-0.1, -0.05) is 6.92 Å². The molecular formula is C13H24N4O3. The van der Waals surface area contributed by atoms with Gasteiger partial charge < -0.3 is 15.5 Å². The largest absolute Gasteiger partial charge is 0.337 e. The second-order valence-electron chi connectivity index (χ2n) is 5.20. The first-order valence-electron chi connectivity index (χ1n) is 6.92. The Morgan fingerprint density at radius 1 is 1.40 bits per heavy atom. The highest BCUT2D eigenvalue weighted by atomic mass is 16.2. The van der Waals surface area contributed by atoms with Gasteiger partial charge in [0.05, 0.1) is 12.5 Å². The summed E-state index contributed by atoms with van der Waals surface area (Å²) in [6.07, 6.45) is 0.952. The lowest BCUT2D eigenvalue weighted by atomic mass is 10.2. The predicted octanol–water partition coefficient (Wildman–Crippen LogP) is -0.227. The quantitative estimate of drug-likeness (QED) is 0.521. The SMILES string of the molecule is CCC(C)N1C(=O)CC(NCCNC(=O)N(C)C)C1=O. The summed E-state index contributed by atoms with van der Waals surface area (Å²) in [6.45, 7) is 4.69. The molecule has 0 aromatic heterocycles. The zero-order valence-electron chi connectivity index (χ0n) is 12.6. The average molecular weight is 284 g/mol. The number of amides is 4. The van der Waals surface area contributed by atoms with Crippen LogP contribution in [0.3, 0.4) is 0 Å². The molecule has 0 radical (unpaired) electrons. The standard InChI is InChI=1S/C13H24N4O3/c1-5-9(2)17-11(18)8-10(12(17)19)14-6-7-15-13(20)16(3)4/h9-10,14H,5-8H2,1-4H3,(H,15,20). The summed E-state index contributed by atoms with van der Waals surface area (Å²) in [4.78, 5) is 38.0. The van der Waals surface area contributed by atoms with Crippen molar-refractivity contribution in [1.82, 2.24) is 20.4 Å². The van der Waals surface area contributed by atoms with Gasteiger partial charge in [0.1, 0.15) is 0 Å². The zero-order valence-corrected chi connectivity index (χ0v) is 12.6. The summed E-state index contributed by atoms with van der Waals surface area (Å²) < 4.78 is 0. The van der Waals surface area contributed by atoms with Crippen LogP contribution in [0.2, 0.25) is 0 Å². The molecule has 2 N–H and O–H groups in total. The molecule has 1 aliphatic rings. The van der Waals surface area contributed by atoms with Crippen molar-refractivity contribution < 1.29 is 14.4 Å². The van der Waals surface area contributed by atoms with Crippen LogP contribution in [0, 0.1) is 0 Å². The number of imide groups is 1. The zero-order chi connectivity index (χ0) is 15.3. The summed E-state index contributed by atoms with van der Waals surface area (Å²) in [6, 6.07) is -0.704. The summed E-state index contributed by atoms with van der Waals surface area (Å²) in [5.74, 6) is -0.289. The lowest BCUT2D eigenvalue weighted by Crippen LogP contribution is -2.45. The molecule has 114 valence electrons. The molecule has 4 amide bonds. The molecule has 2 unspecified atom stereocenters. The maximum Gasteiger partial charge on any atom is 0.316 e. The van der Waals surface area contributed by atoms with Crippen LogP contribution in [0.15, 0.2) is 0 Å². The van der Waals surface area contributed by atoms with E-state index < -0.39 is 6.04 Å². The van der Waals surface area contributed by atoms with Crippen LogP contribution in [-0.2, 0) is 9.59 Å². The van der Waals surface area contributed by atoms with Gasteiger partial charge in [-0.25, -0.2) is 4.79 Å². The van der Waals surface area contributed by atoms with Gasteiger partial charge in [-0.2, -0.15) is 0 Å². The molecule has 0 aromatic rings. The molecule has 0 aromatic carbocycles. The van der Waals surface area contributed by atoms with Crippen LogP contribution in [0.25, 0.3) is 0 Å². The van der Waals surface area contributed by atoms with E-state index in [-0.39, 0.29) is 30.3 Å². The number of likely N-dealkylation sites (tertiary alicyclic amines) is 1. The molecule has 1 saturated heterocycles. The molecule has 1 aliphatic heterocycles. The molecular weight excluding hydrogens is 260 g/mol. The Bertz CT molecular complexity index is 384. The molecule has 0 bridgehead atoms. The first-order valence-corrected chi connectivity index (χ1v) is 6.92. The van der Waals surface area contributed by atoms with Crippen molar-refractivity contribution >= 4 is 17.8 Å². The van der Waals surface area contributed by atoms with E-state index in [9.17, 15) is 14.4 Å². The minimum absolute atomic E-state index is 0.0600. The Hall–Kier alpha value is -1.63. The van der Waals surface area contributed by atoms with Gasteiger partial charge in [-0.05, 0) is 13.3 Å². The van der Waals surface area contributed by atoms with Crippen molar-refractivity contribution in [3.63, 3.8) is 0 Å². The minimum atomic E-state index is -0.465. The van der Waals surface area contributed by atoms with E-state index in [1.807, 2.05) is 13.8 Å². The highest BCUT2D eigenvalue weighted by Crippen LogP contribution is 2.17. The molecule has 0 spiro atoms. The Balaban J connectivity index is 2.37. The number of hydrogen-bond donors (Lipinski definition) is 2. The Labute approximate surface area is 119 Å².